The van der Waals surface area contributed by atoms with Gasteiger partial charge in [-0.1, -0.05) is 6.07 Å². The summed E-state index contributed by atoms with van der Waals surface area (Å²) in [5.41, 5.74) is 0.682. The molecular weight excluding hydrogens is 198 g/mol. The minimum Gasteiger partial charge on any atom is -0.478 e. The largest absolute Gasteiger partial charge is 0.478 e. The average Bonchev–Trinajstić information content (AvgIpc) is 2.59. The van der Waals surface area contributed by atoms with Crippen LogP contribution in [0.5, 0.6) is 0 Å². The molecule has 1 aromatic heterocycles. The van der Waals surface area contributed by atoms with Crippen LogP contribution < -0.4 is 0 Å². The lowest BCUT2D eigenvalue weighted by Crippen LogP contribution is -1.96. The molecule has 5 nitrogen and oxygen atoms in total. The molecule has 76 valence electrons. The zero-order valence-electron chi connectivity index (χ0n) is 7.52. The van der Waals surface area contributed by atoms with Crippen molar-refractivity contribution in [2.75, 3.05) is 0 Å². The van der Waals surface area contributed by atoms with E-state index in [1.54, 1.807) is 6.07 Å². The maximum absolute atomic E-state index is 10.7. The quantitative estimate of drug-likeness (QED) is 0.693. The second-order valence-corrected chi connectivity index (χ2v) is 3.10. The van der Waals surface area contributed by atoms with E-state index < -0.39 is 11.9 Å². The molecule has 0 atom stereocenters. The summed E-state index contributed by atoms with van der Waals surface area (Å²) >= 11 is 0. The van der Waals surface area contributed by atoms with Gasteiger partial charge in [0, 0.05) is 10.9 Å². The zero-order chi connectivity index (χ0) is 11.0. The van der Waals surface area contributed by atoms with Crippen LogP contribution in [0.25, 0.3) is 10.9 Å². The van der Waals surface area contributed by atoms with Crippen molar-refractivity contribution < 1.29 is 19.8 Å². The van der Waals surface area contributed by atoms with Crippen molar-refractivity contribution in [3.05, 3.63) is 35.5 Å². The van der Waals surface area contributed by atoms with Gasteiger partial charge in [0.25, 0.3) is 0 Å². The van der Waals surface area contributed by atoms with E-state index in [9.17, 15) is 9.59 Å². The monoisotopic (exact) mass is 205 g/mol. The molecule has 2 aromatic rings. The highest BCUT2D eigenvalue weighted by Gasteiger charge is 2.09. The summed E-state index contributed by atoms with van der Waals surface area (Å²) in [7, 11) is 0. The van der Waals surface area contributed by atoms with Gasteiger partial charge in [-0.05, 0) is 18.2 Å². The van der Waals surface area contributed by atoms with Crippen molar-refractivity contribution in [2.24, 2.45) is 0 Å². The summed E-state index contributed by atoms with van der Waals surface area (Å²) in [6.07, 6.45) is 0. The van der Waals surface area contributed by atoms with Crippen molar-refractivity contribution in [3.63, 3.8) is 0 Å². The molecule has 1 aromatic carbocycles. The van der Waals surface area contributed by atoms with E-state index in [4.69, 9.17) is 10.2 Å². The summed E-state index contributed by atoms with van der Waals surface area (Å²) in [6, 6.07) is 5.87. The van der Waals surface area contributed by atoms with E-state index in [0.717, 1.165) is 0 Å². The number of carboxylic acids is 2. The first kappa shape index (κ1) is 9.26. The molecule has 0 radical (unpaired) electrons. The predicted molar refractivity (Wildman–Crippen MR) is 52.2 cm³/mol. The lowest BCUT2D eigenvalue weighted by molar-refractivity contribution is 0.0684. The Labute approximate surface area is 84.0 Å². The van der Waals surface area contributed by atoms with E-state index in [2.05, 4.69) is 4.98 Å². The highest BCUT2D eigenvalue weighted by molar-refractivity contribution is 5.97. The fraction of sp³-hybridized carbons (Fsp3) is 0. The maximum Gasteiger partial charge on any atom is 0.352 e. The first-order valence-electron chi connectivity index (χ1n) is 4.17. The van der Waals surface area contributed by atoms with Gasteiger partial charge in [0.2, 0.25) is 0 Å². The van der Waals surface area contributed by atoms with Gasteiger partial charge < -0.3 is 15.2 Å². The Bertz CT molecular complexity index is 544. The molecule has 0 saturated carbocycles. The number of H-pyrrole nitrogens is 1. The minimum absolute atomic E-state index is 0.0486. The van der Waals surface area contributed by atoms with E-state index >= 15 is 0 Å². The van der Waals surface area contributed by atoms with Crippen LogP contribution in [-0.2, 0) is 0 Å². The lowest BCUT2D eigenvalue weighted by atomic mass is 10.2. The van der Waals surface area contributed by atoms with E-state index in [0.29, 0.717) is 10.9 Å². The molecule has 0 aliphatic heterocycles. The van der Waals surface area contributed by atoms with Gasteiger partial charge in [-0.2, -0.15) is 0 Å². The fourth-order valence-electron chi connectivity index (χ4n) is 1.38. The van der Waals surface area contributed by atoms with Gasteiger partial charge in [0.15, 0.2) is 0 Å². The summed E-state index contributed by atoms with van der Waals surface area (Å²) in [4.78, 5) is 23.9. The number of rotatable bonds is 2. The first-order chi connectivity index (χ1) is 7.08. The molecule has 15 heavy (non-hydrogen) atoms. The zero-order valence-corrected chi connectivity index (χ0v) is 7.52. The highest BCUT2D eigenvalue weighted by Crippen LogP contribution is 2.17. The van der Waals surface area contributed by atoms with Crippen molar-refractivity contribution in [3.8, 4) is 0 Å². The second-order valence-electron chi connectivity index (χ2n) is 3.10. The third kappa shape index (κ3) is 1.54. The van der Waals surface area contributed by atoms with Crippen LogP contribution in [0.4, 0.5) is 0 Å². The number of fused-ring (bicyclic) bond motifs is 1. The Morgan fingerprint density at radius 2 is 1.80 bits per heavy atom. The van der Waals surface area contributed by atoms with Crippen LogP contribution in [0.15, 0.2) is 24.3 Å². The molecule has 1 heterocycles. The van der Waals surface area contributed by atoms with Crippen molar-refractivity contribution in [1.82, 2.24) is 4.98 Å². The minimum atomic E-state index is -1.07. The third-order valence-corrected chi connectivity index (χ3v) is 2.10. The van der Waals surface area contributed by atoms with Gasteiger partial charge in [0.1, 0.15) is 5.69 Å². The Morgan fingerprint density at radius 3 is 2.40 bits per heavy atom. The Morgan fingerprint density at radius 1 is 1.07 bits per heavy atom. The molecular formula is C10H7NO4. The Hall–Kier alpha value is -2.30. The topological polar surface area (TPSA) is 90.4 Å². The third-order valence-electron chi connectivity index (χ3n) is 2.10. The van der Waals surface area contributed by atoms with Gasteiger partial charge in [-0.25, -0.2) is 9.59 Å². The number of carboxylic acid groups (broad SMARTS) is 2. The molecule has 2 rings (SSSR count). The van der Waals surface area contributed by atoms with Gasteiger partial charge in [-0.15, -0.1) is 0 Å². The molecule has 5 heteroatoms. The summed E-state index contributed by atoms with van der Waals surface area (Å²) in [6.45, 7) is 0. The SMILES string of the molecule is O=C(O)c1ccc2cc(C(=O)O)[nH]c2c1. The van der Waals surface area contributed by atoms with Gasteiger partial charge in [0.05, 0.1) is 5.56 Å². The van der Waals surface area contributed by atoms with Crippen molar-refractivity contribution >= 4 is 22.8 Å². The summed E-state index contributed by atoms with van der Waals surface area (Å²) in [5, 5.41) is 18.1. The number of nitrogens with one attached hydrogen (secondary N) is 1. The van der Waals surface area contributed by atoms with E-state index in [1.165, 1.54) is 18.2 Å². The summed E-state index contributed by atoms with van der Waals surface area (Å²) < 4.78 is 0. The number of aromatic amines is 1. The van der Waals surface area contributed by atoms with Crippen LogP contribution in [-0.4, -0.2) is 27.1 Å². The molecule has 0 unspecified atom stereocenters. The molecule has 0 bridgehead atoms. The first-order valence-corrected chi connectivity index (χ1v) is 4.17. The molecule has 0 saturated heterocycles. The van der Waals surface area contributed by atoms with Crippen LogP contribution in [0.2, 0.25) is 0 Å². The standard InChI is InChI=1S/C10H7NO4/c12-9(13)6-2-1-5-3-8(10(14)15)11-7(5)4-6/h1-4,11H,(H,12,13)(H,14,15). The van der Waals surface area contributed by atoms with Crippen LogP contribution >= 0.6 is 0 Å². The number of aromatic carboxylic acids is 2. The maximum atomic E-state index is 10.7. The molecule has 0 aliphatic carbocycles. The van der Waals surface area contributed by atoms with Gasteiger partial charge in [-0.3, -0.25) is 0 Å². The molecule has 0 amide bonds. The average molecular weight is 205 g/mol. The highest BCUT2D eigenvalue weighted by atomic mass is 16.4. The smallest absolute Gasteiger partial charge is 0.352 e. The number of aromatic nitrogens is 1. The van der Waals surface area contributed by atoms with Crippen LogP contribution in [0.1, 0.15) is 20.8 Å². The van der Waals surface area contributed by atoms with E-state index in [-0.39, 0.29) is 11.3 Å². The number of hydrogen-bond acceptors (Lipinski definition) is 2. The molecule has 0 fully saturated rings. The van der Waals surface area contributed by atoms with E-state index in [1.807, 2.05) is 0 Å². The normalized spacial score (nSPS) is 10.4. The predicted octanol–water partition coefficient (Wildman–Crippen LogP) is 1.56. The molecule has 0 spiro atoms. The van der Waals surface area contributed by atoms with Crippen molar-refractivity contribution in [2.45, 2.75) is 0 Å². The number of carbonyl (C=O) groups is 2. The number of hydrogen-bond donors (Lipinski definition) is 3. The van der Waals surface area contributed by atoms with Crippen molar-refractivity contribution in [1.29, 1.82) is 0 Å². The number of benzene rings is 1. The van der Waals surface area contributed by atoms with Crippen LogP contribution in [0, 0.1) is 0 Å². The molecule has 0 aliphatic rings. The second kappa shape index (κ2) is 3.13. The fourth-order valence-corrected chi connectivity index (χ4v) is 1.38. The Balaban J connectivity index is 2.62. The summed E-state index contributed by atoms with van der Waals surface area (Å²) in [5.74, 6) is -2.11. The molecule has 3 N–H and O–H groups in total. The van der Waals surface area contributed by atoms with Crippen LogP contribution in [0.3, 0.4) is 0 Å². The Kier molecular flexibility index (Phi) is 1.93. The van der Waals surface area contributed by atoms with Gasteiger partial charge >= 0.3 is 11.9 Å². The lowest BCUT2D eigenvalue weighted by Gasteiger charge is -1.93.